The molecule has 7 nitrogen and oxygen atoms in total. The number of benzene rings is 1. The van der Waals surface area contributed by atoms with Crippen molar-refractivity contribution < 1.29 is 27.1 Å². The Morgan fingerprint density at radius 2 is 1.81 bits per heavy atom. The minimum absolute atomic E-state index is 0.179. The fraction of sp³-hybridized carbons (Fsp3) is 0.286. The number of pyridine rings is 1. The molecule has 0 saturated carbocycles. The van der Waals surface area contributed by atoms with Crippen molar-refractivity contribution in [3.63, 3.8) is 0 Å². The largest absolute Gasteiger partial charge is 0.484 e. The van der Waals surface area contributed by atoms with E-state index in [4.69, 9.17) is 9.15 Å². The van der Waals surface area contributed by atoms with Gasteiger partial charge in [-0.25, -0.2) is 9.78 Å². The molecule has 0 radical (unpaired) electrons. The maximum absolute atomic E-state index is 12.7. The van der Waals surface area contributed by atoms with Gasteiger partial charge in [0.1, 0.15) is 17.2 Å². The summed E-state index contributed by atoms with van der Waals surface area (Å²) in [5.41, 5.74) is -0.897. The van der Waals surface area contributed by atoms with Gasteiger partial charge in [-0.1, -0.05) is 0 Å². The zero-order valence-corrected chi connectivity index (χ0v) is 16.3. The summed E-state index contributed by atoms with van der Waals surface area (Å²) in [6.07, 6.45) is -3.61. The third-order valence-corrected chi connectivity index (χ3v) is 4.99. The van der Waals surface area contributed by atoms with Gasteiger partial charge >= 0.3 is 11.8 Å². The number of nitrogens with zero attached hydrogens (tertiary/aromatic N) is 3. The second-order valence-corrected chi connectivity index (χ2v) is 7.01. The van der Waals surface area contributed by atoms with Crippen LogP contribution in [0.1, 0.15) is 5.56 Å². The van der Waals surface area contributed by atoms with Crippen LogP contribution in [0.2, 0.25) is 0 Å². The lowest BCUT2D eigenvalue weighted by atomic mass is 10.2. The number of alkyl halides is 3. The maximum Gasteiger partial charge on any atom is 0.417 e. The Labute approximate surface area is 174 Å². The Kier molecular flexibility index (Phi) is 5.53. The summed E-state index contributed by atoms with van der Waals surface area (Å²) in [4.78, 5) is 31.1. The van der Waals surface area contributed by atoms with E-state index < -0.39 is 17.4 Å². The maximum atomic E-state index is 12.7. The van der Waals surface area contributed by atoms with Crippen LogP contribution in [-0.2, 0) is 11.0 Å². The molecule has 0 bridgehead atoms. The molecule has 0 aliphatic carbocycles. The van der Waals surface area contributed by atoms with Crippen LogP contribution < -0.4 is 15.3 Å². The summed E-state index contributed by atoms with van der Waals surface area (Å²) in [5, 5.41) is 0.742. The van der Waals surface area contributed by atoms with Gasteiger partial charge in [-0.15, -0.1) is 0 Å². The molecule has 1 saturated heterocycles. The van der Waals surface area contributed by atoms with Gasteiger partial charge in [-0.05, 0) is 30.3 Å². The predicted octanol–water partition coefficient (Wildman–Crippen LogP) is 2.93. The molecule has 3 heterocycles. The summed E-state index contributed by atoms with van der Waals surface area (Å²) in [6.45, 7) is 1.52. The highest BCUT2D eigenvalue weighted by Gasteiger charge is 2.31. The zero-order chi connectivity index (χ0) is 22.0. The monoisotopic (exact) mass is 433 g/mol. The molecular weight excluding hydrogens is 415 g/mol. The van der Waals surface area contributed by atoms with E-state index in [0.717, 1.165) is 17.6 Å². The van der Waals surface area contributed by atoms with Crippen LogP contribution in [0, 0.1) is 0 Å². The van der Waals surface area contributed by atoms with E-state index in [9.17, 15) is 22.8 Å². The summed E-state index contributed by atoms with van der Waals surface area (Å²) < 4.78 is 48.6. The molecule has 0 atom stereocenters. The first-order valence-electron chi connectivity index (χ1n) is 9.52. The fourth-order valence-electron chi connectivity index (χ4n) is 3.29. The highest BCUT2D eigenvalue weighted by Crippen LogP contribution is 2.29. The van der Waals surface area contributed by atoms with Crippen molar-refractivity contribution >= 4 is 22.7 Å². The first-order chi connectivity index (χ1) is 14.8. The van der Waals surface area contributed by atoms with E-state index in [-0.39, 0.29) is 12.5 Å². The third kappa shape index (κ3) is 4.79. The Hall–Kier alpha value is -3.56. The van der Waals surface area contributed by atoms with Crippen LogP contribution >= 0.6 is 0 Å². The van der Waals surface area contributed by atoms with E-state index in [1.54, 1.807) is 29.2 Å². The number of halogens is 3. The van der Waals surface area contributed by atoms with Crippen molar-refractivity contribution in [2.24, 2.45) is 0 Å². The van der Waals surface area contributed by atoms with Crippen LogP contribution in [-0.4, -0.2) is 48.6 Å². The Balaban J connectivity index is 1.31. The number of carbonyl (C=O) groups excluding carboxylic acids is 1. The second kappa shape index (κ2) is 8.29. The lowest BCUT2D eigenvalue weighted by molar-refractivity contribution is -0.138. The molecule has 1 aromatic carbocycles. The summed E-state index contributed by atoms with van der Waals surface area (Å²) >= 11 is 0. The van der Waals surface area contributed by atoms with Gasteiger partial charge < -0.3 is 19.0 Å². The van der Waals surface area contributed by atoms with Crippen LogP contribution in [0.25, 0.3) is 11.0 Å². The van der Waals surface area contributed by atoms with Gasteiger partial charge in [-0.3, -0.25) is 4.79 Å². The molecule has 1 aliphatic rings. The van der Waals surface area contributed by atoms with E-state index in [1.165, 1.54) is 12.1 Å². The number of fused-ring (bicyclic) bond motifs is 1. The lowest BCUT2D eigenvalue weighted by Gasteiger charge is -2.35. The average molecular weight is 433 g/mol. The molecule has 0 N–H and O–H groups in total. The molecule has 3 aromatic rings. The molecule has 1 amide bonds. The Morgan fingerprint density at radius 1 is 1.06 bits per heavy atom. The first-order valence-corrected chi connectivity index (χ1v) is 9.52. The zero-order valence-electron chi connectivity index (χ0n) is 16.3. The van der Waals surface area contributed by atoms with Crippen molar-refractivity contribution in [3.8, 4) is 5.75 Å². The van der Waals surface area contributed by atoms with Gasteiger partial charge in [0.25, 0.3) is 5.91 Å². The number of piperazine rings is 1. The van der Waals surface area contributed by atoms with Gasteiger partial charge in [0.05, 0.1) is 5.56 Å². The number of ether oxygens (including phenoxy) is 1. The second-order valence-electron chi connectivity index (χ2n) is 7.01. The minimum Gasteiger partial charge on any atom is -0.484 e. The molecule has 4 rings (SSSR count). The number of hydrogen-bond donors (Lipinski definition) is 0. The third-order valence-electron chi connectivity index (χ3n) is 4.99. The van der Waals surface area contributed by atoms with Gasteiger partial charge in [0.15, 0.2) is 6.61 Å². The quantitative estimate of drug-likeness (QED) is 0.589. The molecule has 1 fully saturated rings. The summed E-state index contributed by atoms with van der Waals surface area (Å²) in [6, 6.07) is 10.3. The lowest BCUT2D eigenvalue weighted by Crippen LogP contribution is -2.50. The predicted molar refractivity (Wildman–Crippen MR) is 106 cm³/mol. The van der Waals surface area contributed by atoms with Gasteiger partial charge in [0, 0.05) is 49.9 Å². The van der Waals surface area contributed by atoms with Gasteiger partial charge in [0.2, 0.25) is 0 Å². The average Bonchev–Trinajstić information content (AvgIpc) is 2.77. The molecule has 31 heavy (non-hydrogen) atoms. The molecule has 10 heteroatoms. The molecular formula is C21H18F3N3O4. The normalized spacial score (nSPS) is 14.7. The highest BCUT2D eigenvalue weighted by atomic mass is 19.4. The van der Waals surface area contributed by atoms with Crippen LogP contribution in [0.3, 0.4) is 0 Å². The highest BCUT2D eigenvalue weighted by molar-refractivity contribution is 5.79. The molecule has 2 aromatic heterocycles. The number of anilines is 1. The van der Waals surface area contributed by atoms with Crippen LogP contribution in [0.5, 0.6) is 5.75 Å². The van der Waals surface area contributed by atoms with Crippen molar-refractivity contribution in [2.45, 2.75) is 6.18 Å². The SMILES string of the molecule is O=C(COc1ccc2ccc(=O)oc2c1)N1CCN(c2ccc(C(F)(F)F)cn2)CC1. The number of amides is 1. The minimum atomic E-state index is -4.42. The topological polar surface area (TPSA) is 75.9 Å². The Bertz CT molecular complexity index is 1140. The number of aromatic nitrogens is 1. The number of carbonyl (C=O) groups is 1. The van der Waals surface area contributed by atoms with Crippen LogP contribution in [0.4, 0.5) is 19.0 Å². The number of rotatable bonds is 4. The smallest absolute Gasteiger partial charge is 0.417 e. The molecule has 1 aliphatic heterocycles. The van der Waals surface area contributed by atoms with Crippen molar-refractivity contribution in [1.82, 2.24) is 9.88 Å². The Morgan fingerprint density at radius 3 is 2.48 bits per heavy atom. The summed E-state index contributed by atoms with van der Waals surface area (Å²) in [5.74, 6) is 0.631. The fourth-order valence-corrected chi connectivity index (χ4v) is 3.29. The van der Waals surface area contributed by atoms with Crippen molar-refractivity contribution in [3.05, 3.63) is 64.6 Å². The van der Waals surface area contributed by atoms with Crippen molar-refractivity contribution in [2.75, 3.05) is 37.7 Å². The van der Waals surface area contributed by atoms with E-state index in [2.05, 4.69) is 4.98 Å². The molecule has 0 unspecified atom stereocenters. The van der Waals surface area contributed by atoms with Gasteiger partial charge in [-0.2, -0.15) is 13.2 Å². The number of hydrogen-bond acceptors (Lipinski definition) is 6. The first kappa shape index (κ1) is 20.7. The van der Waals surface area contributed by atoms with E-state index in [0.29, 0.717) is 43.3 Å². The van der Waals surface area contributed by atoms with Crippen LogP contribution in [0.15, 0.2) is 57.9 Å². The van der Waals surface area contributed by atoms with E-state index >= 15 is 0 Å². The van der Waals surface area contributed by atoms with E-state index in [1.807, 2.05) is 4.90 Å². The standard InChI is InChI=1S/C21H18F3N3O4/c22-21(23,24)15-3-5-18(25-12-15)26-7-9-27(10-8-26)19(28)13-30-16-4-1-14-2-6-20(29)31-17(14)11-16/h1-6,11-12H,7-10,13H2. The van der Waals surface area contributed by atoms with Crippen molar-refractivity contribution in [1.29, 1.82) is 0 Å². The summed E-state index contributed by atoms with van der Waals surface area (Å²) in [7, 11) is 0. The molecule has 0 spiro atoms. The molecule has 162 valence electrons.